The Morgan fingerprint density at radius 1 is 0.625 bits per heavy atom. The minimum Gasteiger partial charge on any atom is -0.0781 e. The van der Waals surface area contributed by atoms with Crippen molar-refractivity contribution in [3.05, 3.63) is 60.7 Å². The third kappa shape index (κ3) is 2.70. The van der Waals surface area contributed by atoms with Gasteiger partial charge in [0.15, 0.2) is 0 Å². The Kier molecular flexibility index (Phi) is 4.10. The first-order chi connectivity index (χ1) is 7.79. The molecule has 2 heteroatoms. The smallest absolute Gasteiger partial charge is 0.0153 e. The molecule has 0 aliphatic heterocycles. The Balaban J connectivity index is 2.40. The van der Waals surface area contributed by atoms with Gasteiger partial charge in [-0.3, -0.25) is 0 Å². The van der Waals surface area contributed by atoms with Gasteiger partial charge in [-0.25, -0.2) is 0 Å². The first-order valence-corrected chi connectivity index (χ1v) is 9.65. The molecule has 0 aromatic heterocycles. The van der Waals surface area contributed by atoms with Crippen LogP contribution in [0.4, 0.5) is 0 Å². The lowest BCUT2D eigenvalue weighted by atomic mass is 10.4. The Hall–Kier alpha value is -0.700. The van der Waals surface area contributed by atoms with E-state index >= 15 is 0 Å². The molecule has 16 heavy (non-hydrogen) atoms. The minimum absolute atomic E-state index is 0.0484. The van der Waals surface area contributed by atoms with Crippen LogP contribution in [0, 0.1) is 0 Å². The molecule has 0 atom stereocenters. The van der Waals surface area contributed by atoms with Gasteiger partial charge >= 0.3 is 0 Å². The van der Waals surface area contributed by atoms with E-state index < -0.39 is 0 Å². The Morgan fingerprint density at radius 3 is 1.31 bits per heavy atom. The van der Waals surface area contributed by atoms with Crippen molar-refractivity contribution in [3.8, 4) is 0 Å². The fraction of sp³-hybridized carbons (Fsp3) is 0.143. The summed E-state index contributed by atoms with van der Waals surface area (Å²) in [7, 11) is -0.0967. The molecule has 0 saturated heterocycles. The van der Waals surface area contributed by atoms with Gasteiger partial charge in [-0.1, -0.05) is 68.3 Å². The molecule has 0 N–H and O–H groups in total. The summed E-state index contributed by atoms with van der Waals surface area (Å²) in [4.78, 5) is 0. The van der Waals surface area contributed by atoms with Crippen LogP contribution in [0.15, 0.2) is 60.7 Å². The highest BCUT2D eigenvalue weighted by Crippen LogP contribution is 2.62. The van der Waals surface area contributed by atoms with E-state index in [0.717, 1.165) is 0 Å². The average molecular weight is 246 g/mol. The molecule has 0 spiro atoms. The van der Waals surface area contributed by atoms with Crippen molar-refractivity contribution in [1.29, 1.82) is 0 Å². The van der Waals surface area contributed by atoms with Gasteiger partial charge in [0.25, 0.3) is 0 Å². The summed E-state index contributed by atoms with van der Waals surface area (Å²) in [6.07, 6.45) is 0. The van der Waals surface area contributed by atoms with E-state index in [1.165, 1.54) is 10.6 Å². The molecular formula is C14H16P2. The highest BCUT2D eigenvalue weighted by Gasteiger charge is 2.16. The monoisotopic (exact) mass is 246 g/mol. The van der Waals surface area contributed by atoms with Crippen LogP contribution in [-0.4, -0.2) is 13.3 Å². The van der Waals surface area contributed by atoms with Gasteiger partial charge in [0.05, 0.1) is 0 Å². The maximum Gasteiger partial charge on any atom is -0.0153 e. The van der Waals surface area contributed by atoms with Crippen molar-refractivity contribution < 1.29 is 0 Å². The Bertz CT molecular complexity index is 384. The molecule has 2 aromatic rings. The van der Waals surface area contributed by atoms with Crippen LogP contribution in [0.25, 0.3) is 0 Å². The van der Waals surface area contributed by atoms with E-state index in [2.05, 4.69) is 74.0 Å². The van der Waals surface area contributed by atoms with Crippen LogP contribution in [0.2, 0.25) is 0 Å². The van der Waals surface area contributed by atoms with Crippen LogP contribution in [0.1, 0.15) is 0 Å². The number of hydrogen-bond acceptors (Lipinski definition) is 0. The summed E-state index contributed by atoms with van der Waals surface area (Å²) < 4.78 is 0. The predicted molar refractivity (Wildman–Crippen MR) is 77.8 cm³/mol. The SMILES string of the molecule is CP(C)P(c1ccccc1)c1ccccc1. The lowest BCUT2D eigenvalue weighted by Crippen LogP contribution is -2.09. The zero-order valence-electron chi connectivity index (χ0n) is 9.67. The molecule has 0 fully saturated rings. The third-order valence-corrected chi connectivity index (χ3v) is 8.56. The molecule has 0 aliphatic carbocycles. The number of rotatable bonds is 3. The van der Waals surface area contributed by atoms with Crippen LogP contribution in [-0.2, 0) is 0 Å². The predicted octanol–water partition coefficient (Wildman–Crippen LogP) is 3.78. The Labute approximate surface area is 100 Å². The summed E-state index contributed by atoms with van der Waals surface area (Å²) in [5.41, 5.74) is 0. The van der Waals surface area contributed by atoms with Crippen LogP contribution >= 0.6 is 15.2 Å². The van der Waals surface area contributed by atoms with E-state index in [4.69, 9.17) is 0 Å². The molecule has 0 aliphatic rings. The van der Waals surface area contributed by atoms with E-state index in [1.54, 1.807) is 0 Å². The first-order valence-electron chi connectivity index (χ1n) is 5.36. The number of benzene rings is 2. The summed E-state index contributed by atoms with van der Waals surface area (Å²) in [6.45, 7) is 4.75. The molecule has 0 radical (unpaired) electrons. The molecule has 0 amide bonds. The lowest BCUT2D eigenvalue weighted by molar-refractivity contribution is 1.76. The highest BCUT2D eigenvalue weighted by atomic mass is 32.1. The van der Waals surface area contributed by atoms with Gasteiger partial charge in [0.1, 0.15) is 0 Å². The topological polar surface area (TPSA) is 0 Å². The second kappa shape index (κ2) is 5.58. The largest absolute Gasteiger partial charge is 0.0781 e. The van der Waals surface area contributed by atoms with Crippen LogP contribution in [0.5, 0.6) is 0 Å². The Morgan fingerprint density at radius 2 is 1.00 bits per heavy atom. The van der Waals surface area contributed by atoms with Crippen molar-refractivity contribution in [3.63, 3.8) is 0 Å². The van der Waals surface area contributed by atoms with Gasteiger partial charge in [-0.15, -0.1) is 0 Å². The normalized spacial score (nSPS) is 11.0. The van der Waals surface area contributed by atoms with Gasteiger partial charge in [-0.05, 0) is 31.5 Å². The van der Waals surface area contributed by atoms with Crippen molar-refractivity contribution >= 4 is 25.8 Å². The second-order valence-electron chi connectivity index (χ2n) is 3.83. The standard InChI is InChI=1S/C14H16P2/c1-15(2)16(13-9-5-3-6-10-13)14-11-7-4-8-12-14/h3-12H,1-2H3. The molecule has 2 rings (SSSR count). The molecule has 0 nitrogen and oxygen atoms in total. The minimum atomic E-state index is -0.145. The summed E-state index contributed by atoms with van der Waals surface area (Å²) >= 11 is 0. The first kappa shape index (κ1) is 11.8. The summed E-state index contributed by atoms with van der Waals surface area (Å²) in [5, 5.41) is 3.00. The fourth-order valence-electron chi connectivity index (χ4n) is 1.75. The third-order valence-electron chi connectivity index (χ3n) is 2.40. The van der Waals surface area contributed by atoms with Crippen molar-refractivity contribution in [2.24, 2.45) is 0 Å². The van der Waals surface area contributed by atoms with Crippen molar-refractivity contribution in [2.45, 2.75) is 0 Å². The summed E-state index contributed by atoms with van der Waals surface area (Å²) in [5.74, 6) is 0. The van der Waals surface area contributed by atoms with Gasteiger partial charge in [-0.2, -0.15) is 0 Å². The average Bonchev–Trinajstić information content (AvgIpc) is 2.31. The maximum absolute atomic E-state index is 2.38. The van der Waals surface area contributed by atoms with Crippen molar-refractivity contribution in [2.75, 3.05) is 13.3 Å². The molecule has 2 aromatic carbocycles. The zero-order valence-corrected chi connectivity index (χ0v) is 11.5. The fourth-order valence-corrected chi connectivity index (χ4v) is 7.45. The van der Waals surface area contributed by atoms with E-state index in [1.807, 2.05) is 0 Å². The quantitative estimate of drug-likeness (QED) is 0.723. The summed E-state index contributed by atoms with van der Waals surface area (Å²) in [6, 6.07) is 21.8. The van der Waals surface area contributed by atoms with Gasteiger partial charge in [0, 0.05) is 0 Å². The van der Waals surface area contributed by atoms with Crippen molar-refractivity contribution in [1.82, 2.24) is 0 Å². The van der Waals surface area contributed by atoms with E-state index in [0.29, 0.717) is 0 Å². The molecule has 0 saturated carbocycles. The number of hydrogen-bond donors (Lipinski definition) is 0. The van der Waals surface area contributed by atoms with Gasteiger partial charge in [0.2, 0.25) is 0 Å². The molecule has 82 valence electrons. The molecular weight excluding hydrogens is 230 g/mol. The molecule has 0 heterocycles. The van der Waals surface area contributed by atoms with E-state index in [-0.39, 0.29) is 15.2 Å². The second-order valence-corrected chi connectivity index (χ2v) is 10.8. The van der Waals surface area contributed by atoms with Gasteiger partial charge < -0.3 is 0 Å². The zero-order chi connectivity index (χ0) is 11.4. The van der Waals surface area contributed by atoms with Crippen LogP contribution < -0.4 is 10.6 Å². The highest BCUT2D eigenvalue weighted by molar-refractivity contribution is 8.35. The molecule has 0 unspecified atom stereocenters. The molecule has 0 bridgehead atoms. The lowest BCUT2D eigenvalue weighted by Gasteiger charge is -2.22. The maximum atomic E-state index is 2.38. The van der Waals surface area contributed by atoms with E-state index in [9.17, 15) is 0 Å². The van der Waals surface area contributed by atoms with Crippen LogP contribution in [0.3, 0.4) is 0 Å².